The maximum Gasteiger partial charge on any atom is 0.137 e. The molecule has 0 aliphatic rings. The van der Waals surface area contributed by atoms with E-state index in [1.807, 2.05) is 20.8 Å². The Bertz CT molecular complexity index is 523. The Morgan fingerprint density at radius 1 is 0.914 bits per heavy atom. The van der Waals surface area contributed by atoms with Crippen LogP contribution in [0.3, 0.4) is 0 Å². The van der Waals surface area contributed by atoms with Crippen molar-refractivity contribution in [2.45, 2.75) is 76.2 Å². The second-order valence-electron chi connectivity index (χ2n) is 9.46. The van der Waals surface area contributed by atoms with Gasteiger partial charge in [0.05, 0.1) is 64.6 Å². The summed E-state index contributed by atoms with van der Waals surface area (Å²) in [5, 5.41) is 28.4. The number of hydrogen-bond acceptors (Lipinski definition) is 11. The molecule has 5 atom stereocenters. The van der Waals surface area contributed by atoms with E-state index in [0.717, 1.165) is 0 Å². The summed E-state index contributed by atoms with van der Waals surface area (Å²) in [7, 11) is 0. The molecular weight excluding hydrogens is 460 g/mol. The molecule has 0 saturated heterocycles. The summed E-state index contributed by atoms with van der Waals surface area (Å²) in [6.07, 6.45) is 1.05. The lowest BCUT2D eigenvalue weighted by molar-refractivity contribution is -0.110. The average Bonchev–Trinajstić information content (AvgIpc) is 2.79. The first-order valence-corrected chi connectivity index (χ1v) is 12.2. The first kappa shape index (κ1) is 34.3. The van der Waals surface area contributed by atoms with Crippen molar-refractivity contribution in [2.75, 3.05) is 66.1 Å². The third-order valence-corrected chi connectivity index (χ3v) is 5.03. The van der Waals surface area contributed by atoms with Crippen LogP contribution in [-0.4, -0.2) is 117 Å². The van der Waals surface area contributed by atoms with Crippen LogP contribution in [-0.2, 0) is 28.4 Å². The van der Waals surface area contributed by atoms with Crippen molar-refractivity contribution < 1.29 is 43.7 Å². The van der Waals surface area contributed by atoms with E-state index in [-0.39, 0.29) is 58.4 Å². The Morgan fingerprint density at radius 2 is 1.51 bits per heavy atom. The highest BCUT2D eigenvalue weighted by molar-refractivity contribution is 4.74. The molecule has 0 aromatic heterocycles. The van der Waals surface area contributed by atoms with E-state index in [9.17, 15) is 10.2 Å². The van der Waals surface area contributed by atoms with Gasteiger partial charge in [0.2, 0.25) is 0 Å². The highest BCUT2D eigenvalue weighted by Gasteiger charge is 2.24. The van der Waals surface area contributed by atoms with Gasteiger partial charge in [0.15, 0.2) is 0 Å². The molecule has 11 nitrogen and oxygen atoms in total. The quantitative estimate of drug-likeness (QED) is 0.0670. The molecule has 0 radical (unpaired) electrons. The molecule has 0 aromatic rings. The molecule has 210 valence electrons. The number of aliphatic hydroxyl groups is 3. The van der Waals surface area contributed by atoms with Gasteiger partial charge in [-0.3, -0.25) is 0 Å². The van der Waals surface area contributed by atoms with Gasteiger partial charge >= 0.3 is 0 Å². The Morgan fingerprint density at radius 3 is 2.11 bits per heavy atom. The van der Waals surface area contributed by atoms with Gasteiger partial charge in [-0.1, -0.05) is 6.08 Å². The second-order valence-corrected chi connectivity index (χ2v) is 9.46. The van der Waals surface area contributed by atoms with E-state index in [1.165, 1.54) is 0 Å². The molecule has 0 aliphatic heterocycles. The van der Waals surface area contributed by atoms with Crippen molar-refractivity contribution in [1.82, 2.24) is 0 Å². The standard InChI is InChI=1S/C24H50N2O9/c1-6-10-30-14-20(28)16-32-17-21(29)15-31-12-8-23(3,4)34-11-7-22(25)19(2)33-18-24(5,26)35-13-9-27/h6,19-22,27-29H,1,7-18,25-26H2,2-5H3. The maximum atomic E-state index is 9.94. The fourth-order valence-corrected chi connectivity index (χ4v) is 2.78. The number of ether oxygens (including phenoxy) is 6. The third kappa shape index (κ3) is 20.1. The van der Waals surface area contributed by atoms with Gasteiger partial charge in [-0.05, 0) is 40.5 Å². The van der Waals surface area contributed by atoms with Crippen LogP contribution in [0.15, 0.2) is 12.7 Å². The summed E-state index contributed by atoms with van der Waals surface area (Å²) in [6.45, 7) is 12.9. The molecule has 0 spiro atoms. The summed E-state index contributed by atoms with van der Waals surface area (Å²) >= 11 is 0. The Labute approximate surface area is 210 Å². The SMILES string of the molecule is C=CCOCC(O)COCC(O)COCCC(C)(C)OCCC(N)C(C)OCC(C)(N)OCCO. The van der Waals surface area contributed by atoms with Gasteiger partial charge in [0.25, 0.3) is 0 Å². The van der Waals surface area contributed by atoms with Crippen molar-refractivity contribution in [3.05, 3.63) is 12.7 Å². The minimum atomic E-state index is -0.990. The van der Waals surface area contributed by atoms with Crippen LogP contribution in [0.25, 0.3) is 0 Å². The van der Waals surface area contributed by atoms with E-state index in [0.29, 0.717) is 32.7 Å². The predicted molar refractivity (Wildman–Crippen MR) is 133 cm³/mol. The first-order chi connectivity index (χ1) is 16.4. The van der Waals surface area contributed by atoms with Gasteiger partial charge in [-0.2, -0.15) is 0 Å². The van der Waals surface area contributed by atoms with Crippen LogP contribution in [0.4, 0.5) is 0 Å². The van der Waals surface area contributed by atoms with Crippen molar-refractivity contribution in [2.24, 2.45) is 11.5 Å². The summed E-state index contributed by atoms with van der Waals surface area (Å²) < 4.78 is 32.9. The fraction of sp³-hybridized carbons (Fsp3) is 0.917. The molecule has 0 aliphatic carbocycles. The molecule has 11 heteroatoms. The molecule has 0 saturated carbocycles. The zero-order valence-electron chi connectivity index (χ0n) is 22.0. The average molecular weight is 511 g/mol. The van der Waals surface area contributed by atoms with E-state index < -0.39 is 23.5 Å². The Kier molecular flexibility index (Phi) is 19.0. The molecule has 0 heterocycles. The first-order valence-electron chi connectivity index (χ1n) is 12.2. The molecule has 0 amide bonds. The third-order valence-electron chi connectivity index (χ3n) is 5.03. The number of rotatable bonds is 24. The molecule has 0 bridgehead atoms. The Hall–Kier alpha value is -0.700. The van der Waals surface area contributed by atoms with Crippen molar-refractivity contribution in [1.29, 1.82) is 0 Å². The number of aliphatic hydroxyl groups excluding tert-OH is 3. The van der Waals surface area contributed by atoms with E-state index in [2.05, 4.69) is 6.58 Å². The van der Waals surface area contributed by atoms with Crippen molar-refractivity contribution >= 4 is 0 Å². The van der Waals surface area contributed by atoms with Crippen LogP contribution in [0.1, 0.15) is 40.5 Å². The molecule has 0 aromatic carbocycles. The highest BCUT2D eigenvalue weighted by atomic mass is 16.6. The smallest absolute Gasteiger partial charge is 0.137 e. The van der Waals surface area contributed by atoms with Gasteiger partial charge < -0.3 is 55.2 Å². The van der Waals surface area contributed by atoms with Crippen LogP contribution >= 0.6 is 0 Å². The minimum absolute atomic E-state index is 0.0629. The van der Waals surface area contributed by atoms with Crippen LogP contribution in [0.5, 0.6) is 0 Å². The summed E-state index contributed by atoms with van der Waals surface area (Å²) in [5.74, 6) is 0. The van der Waals surface area contributed by atoms with Gasteiger partial charge in [-0.25, -0.2) is 0 Å². The van der Waals surface area contributed by atoms with Gasteiger partial charge in [-0.15, -0.1) is 6.58 Å². The summed E-state index contributed by atoms with van der Waals surface area (Å²) in [4.78, 5) is 0. The summed E-state index contributed by atoms with van der Waals surface area (Å²) in [6, 6.07) is -0.238. The second kappa shape index (κ2) is 19.4. The maximum absolute atomic E-state index is 9.94. The summed E-state index contributed by atoms with van der Waals surface area (Å²) in [5.41, 5.74) is 10.8. The van der Waals surface area contributed by atoms with E-state index >= 15 is 0 Å². The van der Waals surface area contributed by atoms with E-state index in [4.69, 9.17) is 45.0 Å². The zero-order chi connectivity index (χ0) is 26.7. The predicted octanol–water partition coefficient (Wildman–Crippen LogP) is -0.0644. The Balaban J connectivity index is 3.94. The van der Waals surface area contributed by atoms with Crippen LogP contribution in [0.2, 0.25) is 0 Å². The van der Waals surface area contributed by atoms with Crippen molar-refractivity contribution in [3.63, 3.8) is 0 Å². The minimum Gasteiger partial charge on any atom is -0.394 e. The van der Waals surface area contributed by atoms with Crippen LogP contribution < -0.4 is 11.5 Å². The monoisotopic (exact) mass is 510 g/mol. The van der Waals surface area contributed by atoms with E-state index in [1.54, 1.807) is 13.0 Å². The molecular formula is C24H50N2O9. The van der Waals surface area contributed by atoms with Gasteiger partial charge in [0.1, 0.15) is 17.9 Å². The molecule has 35 heavy (non-hydrogen) atoms. The highest BCUT2D eigenvalue weighted by Crippen LogP contribution is 2.16. The molecule has 0 fully saturated rings. The number of nitrogens with two attached hydrogens (primary N) is 2. The zero-order valence-corrected chi connectivity index (χ0v) is 22.0. The molecule has 5 unspecified atom stereocenters. The molecule has 7 N–H and O–H groups in total. The van der Waals surface area contributed by atoms with Crippen molar-refractivity contribution in [3.8, 4) is 0 Å². The topological polar surface area (TPSA) is 168 Å². The lowest BCUT2D eigenvalue weighted by atomic mass is 10.1. The normalized spacial score (nSPS) is 17.5. The van der Waals surface area contributed by atoms with Gasteiger partial charge in [0, 0.05) is 19.3 Å². The van der Waals surface area contributed by atoms with Crippen LogP contribution in [0, 0.1) is 0 Å². The number of hydrogen-bond donors (Lipinski definition) is 5. The molecule has 0 rings (SSSR count). The lowest BCUT2D eigenvalue weighted by Crippen LogP contribution is -2.47. The fourth-order valence-electron chi connectivity index (χ4n) is 2.78. The lowest BCUT2D eigenvalue weighted by Gasteiger charge is -2.29. The largest absolute Gasteiger partial charge is 0.394 e.